The molecule has 1 heterocycles. The first-order chi connectivity index (χ1) is 5.11. The fraction of sp³-hybridized carbons (Fsp3) is 0.333. The van der Waals surface area contributed by atoms with Crippen molar-refractivity contribution < 1.29 is 4.79 Å². The van der Waals surface area contributed by atoms with E-state index in [9.17, 15) is 4.79 Å². The molecule has 6 heteroatoms. The van der Waals surface area contributed by atoms with Gasteiger partial charge in [0.2, 0.25) is 0 Å². The van der Waals surface area contributed by atoms with Gasteiger partial charge in [0, 0.05) is 19.5 Å². The van der Waals surface area contributed by atoms with Gasteiger partial charge in [-0.2, -0.15) is 0 Å². The molecule has 0 spiro atoms. The molecule has 12 heavy (non-hydrogen) atoms. The Bertz CT molecular complexity index is 274. The Morgan fingerprint density at radius 3 is 2.58 bits per heavy atom. The molecule has 0 radical (unpaired) electrons. The summed E-state index contributed by atoms with van der Waals surface area (Å²) < 4.78 is 0. The number of carbonyl (C=O) groups excluding carboxylic acids is 1. The summed E-state index contributed by atoms with van der Waals surface area (Å²) >= 11 is 1.27. The molecule has 68 valence electrons. The third-order valence-electron chi connectivity index (χ3n) is 1.15. The maximum atomic E-state index is 11.2. The SMILES string of the molecule is CN(C)C(=O)c1csc(N)n1.Cl. The number of hydrogen-bond donors (Lipinski definition) is 1. The van der Waals surface area contributed by atoms with Crippen LogP contribution in [-0.2, 0) is 0 Å². The standard InChI is InChI=1S/C6H9N3OS.ClH/c1-9(2)5(10)4-3-11-6(7)8-4;/h3H,1-2H3,(H2,7,8);1H. The van der Waals surface area contributed by atoms with Crippen molar-refractivity contribution in [3.63, 3.8) is 0 Å². The molecule has 0 fully saturated rings. The highest BCUT2D eigenvalue weighted by Gasteiger charge is 2.10. The molecule has 2 N–H and O–H groups in total. The summed E-state index contributed by atoms with van der Waals surface area (Å²) in [6.45, 7) is 0. The second kappa shape index (κ2) is 4.27. The van der Waals surface area contributed by atoms with Crippen LogP contribution in [0.2, 0.25) is 0 Å². The molecule has 1 amide bonds. The van der Waals surface area contributed by atoms with Crippen LogP contribution in [0.25, 0.3) is 0 Å². The van der Waals surface area contributed by atoms with Gasteiger partial charge in [-0.25, -0.2) is 4.98 Å². The Morgan fingerprint density at radius 2 is 2.25 bits per heavy atom. The van der Waals surface area contributed by atoms with Crippen molar-refractivity contribution in [2.45, 2.75) is 0 Å². The van der Waals surface area contributed by atoms with Crippen molar-refractivity contribution in [1.29, 1.82) is 0 Å². The van der Waals surface area contributed by atoms with Crippen LogP contribution in [0.5, 0.6) is 0 Å². The van der Waals surface area contributed by atoms with Crippen LogP contribution in [-0.4, -0.2) is 29.9 Å². The lowest BCUT2D eigenvalue weighted by atomic mass is 10.4. The second-order valence-corrected chi connectivity index (χ2v) is 3.16. The van der Waals surface area contributed by atoms with E-state index in [4.69, 9.17) is 5.73 Å². The fourth-order valence-corrected chi connectivity index (χ4v) is 1.15. The van der Waals surface area contributed by atoms with E-state index in [2.05, 4.69) is 4.98 Å². The van der Waals surface area contributed by atoms with E-state index in [1.807, 2.05) is 0 Å². The summed E-state index contributed by atoms with van der Waals surface area (Å²) in [7, 11) is 3.36. The third-order valence-corrected chi connectivity index (χ3v) is 1.82. The first-order valence-electron chi connectivity index (χ1n) is 3.04. The van der Waals surface area contributed by atoms with Gasteiger partial charge >= 0.3 is 0 Å². The van der Waals surface area contributed by atoms with Gasteiger partial charge in [0.25, 0.3) is 5.91 Å². The molecule has 0 saturated carbocycles. The summed E-state index contributed by atoms with van der Waals surface area (Å²) in [5, 5.41) is 2.08. The van der Waals surface area contributed by atoms with Gasteiger partial charge in [-0.1, -0.05) is 0 Å². The van der Waals surface area contributed by atoms with Crippen LogP contribution in [0.3, 0.4) is 0 Å². The smallest absolute Gasteiger partial charge is 0.272 e. The van der Waals surface area contributed by atoms with Gasteiger partial charge < -0.3 is 10.6 Å². The normalized spacial score (nSPS) is 8.83. The van der Waals surface area contributed by atoms with Crippen molar-refractivity contribution in [3.05, 3.63) is 11.1 Å². The molecule has 0 aromatic carbocycles. The van der Waals surface area contributed by atoms with Gasteiger partial charge in [0.05, 0.1) is 0 Å². The molecule has 0 saturated heterocycles. The summed E-state index contributed by atoms with van der Waals surface area (Å²) in [6, 6.07) is 0. The molecule has 0 aliphatic rings. The average molecular weight is 208 g/mol. The van der Waals surface area contributed by atoms with Crippen LogP contribution in [0.15, 0.2) is 5.38 Å². The second-order valence-electron chi connectivity index (χ2n) is 2.27. The van der Waals surface area contributed by atoms with E-state index in [-0.39, 0.29) is 18.3 Å². The molecule has 0 bridgehead atoms. The molecule has 1 aromatic rings. The van der Waals surface area contributed by atoms with Crippen molar-refractivity contribution in [3.8, 4) is 0 Å². The Balaban J connectivity index is 0.00000121. The fourth-order valence-electron chi connectivity index (χ4n) is 0.615. The minimum Gasteiger partial charge on any atom is -0.375 e. The maximum Gasteiger partial charge on any atom is 0.272 e. The van der Waals surface area contributed by atoms with Gasteiger partial charge in [-0.05, 0) is 0 Å². The van der Waals surface area contributed by atoms with Crippen LogP contribution in [0.1, 0.15) is 10.5 Å². The molecular weight excluding hydrogens is 198 g/mol. The highest BCUT2D eigenvalue weighted by Crippen LogP contribution is 2.11. The lowest BCUT2D eigenvalue weighted by Crippen LogP contribution is -2.21. The number of thiazole rings is 1. The van der Waals surface area contributed by atoms with E-state index in [1.54, 1.807) is 19.5 Å². The average Bonchev–Trinajstić information content (AvgIpc) is 2.34. The van der Waals surface area contributed by atoms with Crippen LogP contribution in [0, 0.1) is 0 Å². The van der Waals surface area contributed by atoms with E-state index in [0.29, 0.717) is 10.8 Å². The largest absolute Gasteiger partial charge is 0.375 e. The lowest BCUT2D eigenvalue weighted by Gasteiger charge is -2.06. The van der Waals surface area contributed by atoms with Crippen molar-refractivity contribution in [2.24, 2.45) is 0 Å². The van der Waals surface area contributed by atoms with Crippen molar-refractivity contribution in [1.82, 2.24) is 9.88 Å². The summed E-state index contributed by atoms with van der Waals surface area (Å²) in [5.41, 5.74) is 5.77. The molecule has 0 unspecified atom stereocenters. The quantitative estimate of drug-likeness (QED) is 0.743. The van der Waals surface area contributed by atoms with Gasteiger partial charge in [-0.3, -0.25) is 4.79 Å². The van der Waals surface area contributed by atoms with Gasteiger partial charge in [0.1, 0.15) is 5.69 Å². The number of anilines is 1. The predicted molar refractivity (Wildman–Crippen MR) is 51.8 cm³/mol. The Kier molecular flexibility index (Phi) is 3.99. The minimum absolute atomic E-state index is 0. The highest BCUT2D eigenvalue weighted by molar-refractivity contribution is 7.13. The topological polar surface area (TPSA) is 59.2 Å². The number of carbonyl (C=O) groups is 1. The summed E-state index contributed by atoms with van der Waals surface area (Å²) in [4.78, 5) is 16.5. The number of nitrogen functional groups attached to an aromatic ring is 1. The van der Waals surface area contributed by atoms with Crippen molar-refractivity contribution in [2.75, 3.05) is 19.8 Å². The third kappa shape index (κ3) is 2.35. The molecule has 1 aromatic heterocycles. The van der Waals surface area contributed by atoms with Crippen LogP contribution >= 0.6 is 23.7 Å². The monoisotopic (exact) mass is 207 g/mol. The Labute approximate surface area is 80.8 Å². The first-order valence-corrected chi connectivity index (χ1v) is 3.92. The Morgan fingerprint density at radius 1 is 1.67 bits per heavy atom. The number of amides is 1. The lowest BCUT2D eigenvalue weighted by molar-refractivity contribution is 0.0823. The van der Waals surface area contributed by atoms with E-state index < -0.39 is 0 Å². The zero-order valence-electron chi connectivity index (χ0n) is 6.77. The van der Waals surface area contributed by atoms with Crippen LogP contribution in [0.4, 0.5) is 5.13 Å². The summed E-state index contributed by atoms with van der Waals surface area (Å²) in [5.74, 6) is -0.113. The van der Waals surface area contributed by atoms with Crippen LogP contribution < -0.4 is 5.73 Å². The predicted octanol–water partition coefficient (Wildman–Crippen LogP) is 0.849. The van der Waals surface area contributed by atoms with Gasteiger partial charge in [0.15, 0.2) is 5.13 Å². The highest BCUT2D eigenvalue weighted by atomic mass is 35.5. The number of nitrogens with zero attached hydrogens (tertiary/aromatic N) is 2. The zero-order chi connectivity index (χ0) is 8.43. The van der Waals surface area contributed by atoms with Crippen molar-refractivity contribution >= 4 is 34.8 Å². The number of hydrogen-bond acceptors (Lipinski definition) is 4. The number of nitrogens with two attached hydrogens (primary N) is 1. The number of halogens is 1. The van der Waals surface area contributed by atoms with Gasteiger partial charge in [-0.15, -0.1) is 23.7 Å². The van der Waals surface area contributed by atoms with E-state index in [1.165, 1.54) is 16.2 Å². The number of rotatable bonds is 1. The maximum absolute atomic E-state index is 11.2. The molecule has 0 atom stereocenters. The van der Waals surface area contributed by atoms with E-state index in [0.717, 1.165) is 0 Å². The molecular formula is C6H10ClN3OS. The van der Waals surface area contributed by atoms with E-state index >= 15 is 0 Å². The molecule has 0 aliphatic heterocycles. The molecule has 4 nitrogen and oxygen atoms in total. The summed E-state index contributed by atoms with van der Waals surface area (Å²) in [6.07, 6.45) is 0. The molecule has 0 aliphatic carbocycles. The number of aromatic nitrogens is 1. The Hall–Kier alpha value is -0.810. The zero-order valence-corrected chi connectivity index (χ0v) is 8.41. The molecule has 1 rings (SSSR count). The minimum atomic E-state index is -0.113. The first kappa shape index (κ1) is 11.2.